The van der Waals surface area contributed by atoms with E-state index in [1.165, 1.54) is 41.4 Å². The van der Waals surface area contributed by atoms with Gasteiger partial charge in [-0.15, -0.1) is 0 Å². The number of carbonyl (C=O) groups excluding carboxylic acids is 1. The molecule has 3 aromatic carbocycles. The average Bonchev–Trinajstić information content (AvgIpc) is 2.98. The summed E-state index contributed by atoms with van der Waals surface area (Å²) in [7, 11) is -3.93. The van der Waals surface area contributed by atoms with Gasteiger partial charge in [-0.1, -0.05) is 35.9 Å². The first-order valence-electron chi connectivity index (χ1n) is 12.7. The van der Waals surface area contributed by atoms with Crippen molar-refractivity contribution in [2.45, 2.75) is 30.4 Å². The Labute approximate surface area is 247 Å². The topological polar surface area (TPSA) is 126 Å². The zero-order valence-electron chi connectivity index (χ0n) is 22.2. The molecule has 0 bridgehead atoms. The minimum atomic E-state index is -3.93. The first kappa shape index (κ1) is 30.6. The van der Waals surface area contributed by atoms with E-state index in [9.17, 15) is 27.5 Å². The van der Waals surface area contributed by atoms with Gasteiger partial charge in [0.1, 0.15) is 18.2 Å². The molecule has 1 unspecified atom stereocenters. The molecule has 1 heterocycles. The number of hydrogen-bond acceptors (Lipinski definition) is 7. The van der Waals surface area contributed by atoms with Gasteiger partial charge in [0.25, 0.3) is 0 Å². The number of nitrogens with one attached hydrogen (secondary N) is 1. The number of halogens is 2. The van der Waals surface area contributed by atoms with E-state index in [1.807, 2.05) is 18.2 Å². The maximum atomic E-state index is 14.0. The number of benzene rings is 3. The third kappa shape index (κ3) is 8.35. The van der Waals surface area contributed by atoms with E-state index < -0.39 is 39.7 Å². The number of carboxylic acids is 1. The predicted octanol–water partition coefficient (Wildman–Crippen LogP) is 5.15. The molecule has 4 aromatic rings. The van der Waals surface area contributed by atoms with Crippen molar-refractivity contribution in [1.82, 2.24) is 10.4 Å². The second-order valence-electron chi connectivity index (χ2n) is 9.35. The molecule has 9 nitrogen and oxygen atoms in total. The molecule has 12 heteroatoms. The lowest BCUT2D eigenvalue weighted by molar-refractivity contribution is -0.137. The minimum absolute atomic E-state index is 0.0250. The monoisotopic (exact) mass is 611 g/mol. The summed E-state index contributed by atoms with van der Waals surface area (Å²) < 4.78 is 46.0. The fourth-order valence-corrected chi connectivity index (χ4v) is 5.89. The molecule has 0 saturated carbocycles. The molecule has 1 aromatic heterocycles. The van der Waals surface area contributed by atoms with E-state index in [0.29, 0.717) is 24.4 Å². The maximum absolute atomic E-state index is 14.0. The van der Waals surface area contributed by atoms with Crippen LogP contribution in [0.4, 0.5) is 10.1 Å². The highest BCUT2D eigenvalue weighted by molar-refractivity contribution is 7.91. The first-order chi connectivity index (χ1) is 20.1. The molecular formula is C30H27ClFN3O6S. The normalized spacial score (nSPS) is 12.0. The number of aromatic nitrogens is 1. The van der Waals surface area contributed by atoms with E-state index >= 15 is 0 Å². The van der Waals surface area contributed by atoms with Crippen molar-refractivity contribution in [1.29, 1.82) is 0 Å². The van der Waals surface area contributed by atoms with Crippen LogP contribution in [0.15, 0.2) is 96.2 Å². The van der Waals surface area contributed by atoms with Crippen molar-refractivity contribution in [2.24, 2.45) is 0 Å². The second-order valence-corrected chi connectivity index (χ2v) is 11.8. The summed E-state index contributed by atoms with van der Waals surface area (Å²) in [6.45, 7) is 0.550. The molecule has 42 heavy (non-hydrogen) atoms. The van der Waals surface area contributed by atoms with E-state index in [-0.39, 0.29) is 22.1 Å². The Morgan fingerprint density at radius 1 is 1.07 bits per heavy atom. The van der Waals surface area contributed by atoms with Crippen molar-refractivity contribution < 1.29 is 32.2 Å². The van der Waals surface area contributed by atoms with Crippen LogP contribution in [0.25, 0.3) is 0 Å². The number of pyridine rings is 1. The van der Waals surface area contributed by atoms with Crippen LogP contribution < -0.4 is 15.2 Å². The Kier molecular flexibility index (Phi) is 10.2. The van der Waals surface area contributed by atoms with Crippen LogP contribution in [0.5, 0.6) is 5.75 Å². The summed E-state index contributed by atoms with van der Waals surface area (Å²) in [5, 5.41) is 10.5. The fraction of sp³-hybridized carbons (Fsp3) is 0.167. The van der Waals surface area contributed by atoms with Gasteiger partial charge in [-0.3, -0.25) is 14.6 Å². The van der Waals surface area contributed by atoms with Gasteiger partial charge in [0, 0.05) is 24.9 Å². The van der Waals surface area contributed by atoms with Crippen molar-refractivity contribution in [3.63, 3.8) is 0 Å². The number of carboxylic acid groups (broad SMARTS) is 1. The van der Waals surface area contributed by atoms with Gasteiger partial charge in [-0.25, -0.2) is 23.2 Å². The zero-order valence-corrected chi connectivity index (χ0v) is 23.8. The van der Waals surface area contributed by atoms with Gasteiger partial charge in [-0.05, 0) is 71.3 Å². The van der Waals surface area contributed by atoms with Gasteiger partial charge in [0.05, 0.1) is 27.8 Å². The van der Waals surface area contributed by atoms with Crippen LogP contribution in [-0.2, 0) is 32.6 Å². The average molecular weight is 612 g/mol. The number of amides is 1. The van der Waals surface area contributed by atoms with Gasteiger partial charge >= 0.3 is 5.97 Å². The van der Waals surface area contributed by atoms with E-state index in [0.717, 1.165) is 17.2 Å². The lowest BCUT2D eigenvalue weighted by Crippen LogP contribution is -2.36. The molecule has 0 fully saturated rings. The number of hydrogen-bond donors (Lipinski definition) is 2. The molecule has 0 aliphatic carbocycles. The Morgan fingerprint density at radius 2 is 1.83 bits per heavy atom. The highest BCUT2D eigenvalue weighted by Crippen LogP contribution is 2.29. The summed E-state index contributed by atoms with van der Waals surface area (Å²) >= 11 is 5.72. The quantitative estimate of drug-likeness (QED) is 0.148. The molecule has 1 atom stereocenters. The molecule has 1 amide bonds. The summed E-state index contributed by atoms with van der Waals surface area (Å²) in [4.78, 5) is 27.1. The third-order valence-electron chi connectivity index (χ3n) is 6.32. The van der Waals surface area contributed by atoms with Crippen LogP contribution >= 0.6 is 11.6 Å². The number of aliphatic carboxylic acids is 1. The lowest BCUT2D eigenvalue weighted by Gasteiger charge is -2.19. The van der Waals surface area contributed by atoms with Crippen LogP contribution in [0, 0.1) is 5.82 Å². The second kappa shape index (κ2) is 14.0. The number of ether oxygens (including phenoxy) is 1. The Balaban J connectivity index is 1.40. The summed E-state index contributed by atoms with van der Waals surface area (Å²) in [5.74, 6) is -3.07. The standard InChI is InChI=1S/C30H27ClFN3O6S/c31-28-11-6-23(14-29(28)32)24(15-30(37)38)19-42(39,40)27-9-7-26(8-10-27)41-18-21-3-1-5-25(13-21)35(20-36)34-17-22-4-2-12-33-16-22/h1-14,16,20,24,34H,15,17-19H2,(H,37,38). The molecular weight excluding hydrogens is 585 g/mol. The fourth-order valence-electron chi connectivity index (χ4n) is 4.19. The summed E-state index contributed by atoms with van der Waals surface area (Å²) in [6, 6.07) is 20.3. The molecule has 218 valence electrons. The van der Waals surface area contributed by atoms with E-state index in [2.05, 4.69) is 10.4 Å². The molecule has 2 N–H and O–H groups in total. The third-order valence-corrected chi connectivity index (χ3v) is 8.45. The first-order valence-corrected chi connectivity index (χ1v) is 14.8. The predicted molar refractivity (Wildman–Crippen MR) is 155 cm³/mol. The lowest BCUT2D eigenvalue weighted by atomic mass is 9.97. The van der Waals surface area contributed by atoms with Gasteiger partial charge in [0.15, 0.2) is 9.84 Å². The van der Waals surface area contributed by atoms with Crippen LogP contribution in [0.1, 0.15) is 29.0 Å². The Bertz CT molecular complexity index is 1640. The SMILES string of the molecule is O=CN(NCc1cccnc1)c1cccc(COc2ccc(S(=O)(=O)CC(CC(=O)O)c3ccc(Cl)c(F)c3)cc2)c1. The zero-order chi connectivity index (χ0) is 30.1. The van der Waals surface area contributed by atoms with Crippen molar-refractivity contribution in [3.8, 4) is 5.75 Å². The van der Waals surface area contributed by atoms with Crippen molar-refractivity contribution >= 4 is 39.5 Å². The molecule has 0 spiro atoms. The minimum Gasteiger partial charge on any atom is -0.489 e. The van der Waals surface area contributed by atoms with Crippen molar-refractivity contribution in [3.05, 3.63) is 119 Å². The number of rotatable bonds is 14. The van der Waals surface area contributed by atoms with E-state index in [4.69, 9.17) is 16.3 Å². The van der Waals surface area contributed by atoms with Crippen LogP contribution in [0.2, 0.25) is 5.02 Å². The van der Waals surface area contributed by atoms with E-state index in [1.54, 1.807) is 30.6 Å². The van der Waals surface area contributed by atoms with Gasteiger partial charge < -0.3 is 9.84 Å². The largest absolute Gasteiger partial charge is 0.489 e. The Hall–Kier alpha value is -4.32. The molecule has 0 radical (unpaired) electrons. The highest BCUT2D eigenvalue weighted by atomic mass is 35.5. The van der Waals surface area contributed by atoms with Gasteiger partial charge in [0.2, 0.25) is 6.41 Å². The summed E-state index contributed by atoms with van der Waals surface area (Å²) in [6.07, 6.45) is 3.54. The highest BCUT2D eigenvalue weighted by Gasteiger charge is 2.25. The molecule has 0 aliphatic rings. The number of sulfone groups is 1. The molecule has 0 saturated heterocycles. The van der Waals surface area contributed by atoms with Crippen LogP contribution in [0.3, 0.4) is 0 Å². The van der Waals surface area contributed by atoms with Crippen molar-refractivity contribution in [2.75, 3.05) is 10.8 Å². The molecule has 4 rings (SSSR count). The maximum Gasteiger partial charge on any atom is 0.303 e. The van der Waals surface area contributed by atoms with Gasteiger partial charge in [-0.2, -0.15) is 0 Å². The summed E-state index contributed by atoms with van der Waals surface area (Å²) in [5.41, 5.74) is 5.54. The Morgan fingerprint density at radius 3 is 2.50 bits per heavy atom. The number of anilines is 1. The smallest absolute Gasteiger partial charge is 0.303 e. The number of nitrogens with zero attached hydrogens (tertiary/aromatic N) is 2. The molecule has 0 aliphatic heterocycles. The number of carbonyl (C=O) groups is 2. The number of hydrazine groups is 1. The van der Waals surface area contributed by atoms with Crippen LogP contribution in [-0.4, -0.2) is 36.6 Å².